The van der Waals surface area contributed by atoms with Gasteiger partial charge in [-0.2, -0.15) is 5.10 Å². The van der Waals surface area contributed by atoms with Gasteiger partial charge in [-0.15, -0.1) is 0 Å². The standard InChI is InChI=1S/C18H21N3O/c1-12-11-16(20-21(12)15-5-3-2-4-6-15)18(22)19-17(13-7-8-13)14-9-10-14/h2-6,11,13-14,17H,7-10H2,1H3,(H,19,22). The SMILES string of the molecule is Cc1cc(C(=O)NC(C2CC2)C2CC2)nn1-c1ccccc1. The van der Waals surface area contributed by atoms with Crippen molar-refractivity contribution in [1.82, 2.24) is 15.1 Å². The molecule has 2 aliphatic rings. The molecule has 1 N–H and O–H groups in total. The third kappa shape index (κ3) is 2.65. The van der Waals surface area contributed by atoms with Crippen molar-refractivity contribution < 1.29 is 4.79 Å². The highest BCUT2D eigenvalue weighted by Crippen LogP contribution is 2.44. The number of nitrogens with zero attached hydrogens (tertiary/aromatic N) is 2. The Morgan fingerprint density at radius 1 is 1.18 bits per heavy atom. The second kappa shape index (κ2) is 5.27. The summed E-state index contributed by atoms with van der Waals surface area (Å²) in [6, 6.07) is 12.2. The largest absolute Gasteiger partial charge is 0.347 e. The van der Waals surface area contributed by atoms with Crippen molar-refractivity contribution in [3.63, 3.8) is 0 Å². The number of benzene rings is 1. The summed E-state index contributed by atoms with van der Waals surface area (Å²) in [6.45, 7) is 1.98. The molecule has 0 unspecified atom stereocenters. The third-order valence-corrected chi connectivity index (χ3v) is 4.68. The molecule has 1 aromatic heterocycles. The number of hydrogen-bond donors (Lipinski definition) is 1. The summed E-state index contributed by atoms with van der Waals surface area (Å²) < 4.78 is 1.83. The average molecular weight is 295 g/mol. The van der Waals surface area contributed by atoms with Crippen LogP contribution in [0.5, 0.6) is 0 Å². The quantitative estimate of drug-likeness (QED) is 0.921. The molecule has 1 heterocycles. The van der Waals surface area contributed by atoms with E-state index in [0.29, 0.717) is 23.6 Å². The third-order valence-electron chi connectivity index (χ3n) is 4.68. The zero-order valence-electron chi connectivity index (χ0n) is 12.8. The Balaban J connectivity index is 1.53. The molecule has 22 heavy (non-hydrogen) atoms. The van der Waals surface area contributed by atoms with E-state index in [-0.39, 0.29) is 5.91 Å². The van der Waals surface area contributed by atoms with Crippen LogP contribution in [0.4, 0.5) is 0 Å². The fourth-order valence-corrected chi connectivity index (χ4v) is 3.17. The Labute approximate surface area is 130 Å². The van der Waals surface area contributed by atoms with E-state index in [4.69, 9.17) is 0 Å². The van der Waals surface area contributed by atoms with Crippen molar-refractivity contribution in [1.29, 1.82) is 0 Å². The first kappa shape index (κ1) is 13.6. The molecule has 1 amide bonds. The monoisotopic (exact) mass is 295 g/mol. The van der Waals surface area contributed by atoms with E-state index in [1.165, 1.54) is 25.7 Å². The lowest BCUT2D eigenvalue weighted by Crippen LogP contribution is -2.38. The lowest BCUT2D eigenvalue weighted by molar-refractivity contribution is 0.0921. The van der Waals surface area contributed by atoms with E-state index in [9.17, 15) is 4.79 Å². The van der Waals surface area contributed by atoms with E-state index in [2.05, 4.69) is 10.4 Å². The van der Waals surface area contributed by atoms with Crippen molar-refractivity contribution in [2.24, 2.45) is 11.8 Å². The number of rotatable bonds is 5. The molecule has 4 rings (SSSR count). The zero-order valence-corrected chi connectivity index (χ0v) is 12.8. The molecule has 4 nitrogen and oxygen atoms in total. The van der Waals surface area contributed by atoms with Crippen LogP contribution in [0.3, 0.4) is 0 Å². The van der Waals surface area contributed by atoms with Crippen LogP contribution in [0.15, 0.2) is 36.4 Å². The lowest BCUT2D eigenvalue weighted by Gasteiger charge is -2.16. The maximum Gasteiger partial charge on any atom is 0.272 e. The van der Waals surface area contributed by atoms with Crippen LogP contribution in [0.25, 0.3) is 5.69 Å². The van der Waals surface area contributed by atoms with Gasteiger partial charge in [-0.25, -0.2) is 4.68 Å². The fraction of sp³-hybridized carbons (Fsp3) is 0.444. The minimum atomic E-state index is -0.0263. The van der Waals surface area contributed by atoms with E-state index in [1.54, 1.807) is 0 Å². The van der Waals surface area contributed by atoms with E-state index in [1.807, 2.05) is 48.0 Å². The lowest BCUT2D eigenvalue weighted by atomic mass is 10.1. The van der Waals surface area contributed by atoms with Crippen molar-refractivity contribution in [2.45, 2.75) is 38.6 Å². The molecule has 2 fully saturated rings. The topological polar surface area (TPSA) is 46.9 Å². The van der Waals surface area contributed by atoms with Crippen LogP contribution in [-0.2, 0) is 0 Å². The number of amides is 1. The maximum absolute atomic E-state index is 12.5. The number of hydrogen-bond acceptors (Lipinski definition) is 2. The second-order valence-electron chi connectivity index (χ2n) is 6.59. The molecule has 0 spiro atoms. The molecule has 2 aromatic rings. The molecule has 114 valence electrons. The van der Waals surface area contributed by atoms with Crippen molar-refractivity contribution in [2.75, 3.05) is 0 Å². The van der Waals surface area contributed by atoms with Gasteiger partial charge in [0.25, 0.3) is 5.91 Å². The number of aryl methyl sites for hydroxylation is 1. The Hall–Kier alpha value is -2.10. The molecule has 0 radical (unpaired) electrons. The van der Waals surface area contributed by atoms with E-state index >= 15 is 0 Å². The molecule has 0 saturated heterocycles. The summed E-state index contributed by atoms with van der Waals surface area (Å²) in [4.78, 5) is 12.5. The van der Waals surface area contributed by atoms with Crippen LogP contribution in [-0.4, -0.2) is 21.7 Å². The van der Waals surface area contributed by atoms with Gasteiger partial charge in [0.15, 0.2) is 5.69 Å². The van der Waals surface area contributed by atoms with Crippen molar-refractivity contribution in [3.05, 3.63) is 47.8 Å². The normalized spacial score (nSPS) is 17.7. The van der Waals surface area contributed by atoms with Gasteiger partial charge in [-0.05, 0) is 62.6 Å². The average Bonchev–Trinajstić information content (AvgIpc) is 3.44. The summed E-state index contributed by atoms with van der Waals surface area (Å²) in [7, 11) is 0. The molecule has 1 aromatic carbocycles. The first-order chi connectivity index (χ1) is 10.7. The predicted molar refractivity (Wildman–Crippen MR) is 85.0 cm³/mol. The van der Waals surface area contributed by atoms with Gasteiger partial charge < -0.3 is 5.32 Å². The molecule has 2 aliphatic carbocycles. The van der Waals surface area contributed by atoms with Crippen LogP contribution in [0.2, 0.25) is 0 Å². The highest BCUT2D eigenvalue weighted by atomic mass is 16.2. The molecular formula is C18H21N3O. The van der Waals surface area contributed by atoms with Crippen LogP contribution >= 0.6 is 0 Å². The predicted octanol–water partition coefficient (Wildman–Crippen LogP) is 3.10. The van der Waals surface area contributed by atoms with E-state index < -0.39 is 0 Å². The Morgan fingerprint density at radius 3 is 2.41 bits per heavy atom. The maximum atomic E-state index is 12.5. The number of para-hydroxylation sites is 1. The Morgan fingerprint density at radius 2 is 1.82 bits per heavy atom. The van der Waals surface area contributed by atoms with Gasteiger partial charge in [0.05, 0.1) is 5.69 Å². The summed E-state index contributed by atoms with van der Waals surface area (Å²) in [5, 5.41) is 7.73. The van der Waals surface area contributed by atoms with Gasteiger partial charge in [-0.3, -0.25) is 4.79 Å². The summed E-state index contributed by atoms with van der Waals surface area (Å²) >= 11 is 0. The first-order valence-electron chi connectivity index (χ1n) is 8.15. The van der Waals surface area contributed by atoms with Gasteiger partial charge >= 0.3 is 0 Å². The Bertz CT molecular complexity index is 672. The van der Waals surface area contributed by atoms with Gasteiger partial charge in [0.2, 0.25) is 0 Å². The smallest absolute Gasteiger partial charge is 0.272 e. The van der Waals surface area contributed by atoms with Crippen LogP contribution in [0, 0.1) is 18.8 Å². The van der Waals surface area contributed by atoms with Crippen LogP contribution in [0.1, 0.15) is 41.9 Å². The highest BCUT2D eigenvalue weighted by Gasteiger charge is 2.42. The molecule has 0 bridgehead atoms. The fourth-order valence-electron chi connectivity index (χ4n) is 3.17. The van der Waals surface area contributed by atoms with Gasteiger partial charge in [-0.1, -0.05) is 18.2 Å². The molecule has 4 heteroatoms. The van der Waals surface area contributed by atoms with Gasteiger partial charge in [0, 0.05) is 11.7 Å². The molecular weight excluding hydrogens is 274 g/mol. The number of carbonyl (C=O) groups is 1. The van der Waals surface area contributed by atoms with Crippen molar-refractivity contribution in [3.8, 4) is 5.69 Å². The molecule has 2 saturated carbocycles. The Kier molecular flexibility index (Phi) is 3.25. The second-order valence-corrected chi connectivity index (χ2v) is 6.59. The zero-order chi connectivity index (χ0) is 15.1. The summed E-state index contributed by atoms with van der Waals surface area (Å²) in [5.74, 6) is 1.38. The molecule has 0 atom stereocenters. The van der Waals surface area contributed by atoms with Crippen LogP contribution < -0.4 is 5.32 Å². The summed E-state index contributed by atoms with van der Waals surface area (Å²) in [5.41, 5.74) is 2.48. The number of carbonyl (C=O) groups excluding carboxylic acids is 1. The minimum Gasteiger partial charge on any atom is -0.347 e. The van der Waals surface area contributed by atoms with E-state index in [0.717, 1.165) is 11.4 Å². The minimum absolute atomic E-state index is 0.0263. The van der Waals surface area contributed by atoms with Gasteiger partial charge in [0.1, 0.15) is 0 Å². The number of nitrogens with one attached hydrogen (secondary N) is 1. The highest BCUT2D eigenvalue weighted by molar-refractivity contribution is 5.92. The van der Waals surface area contributed by atoms with Crippen molar-refractivity contribution >= 4 is 5.91 Å². The number of aromatic nitrogens is 2. The summed E-state index contributed by atoms with van der Waals surface area (Å²) in [6.07, 6.45) is 5.05. The first-order valence-corrected chi connectivity index (χ1v) is 8.15. The molecule has 0 aliphatic heterocycles.